The lowest BCUT2D eigenvalue weighted by atomic mass is 10.2. The molecule has 0 heterocycles. The van der Waals surface area contributed by atoms with Crippen molar-refractivity contribution in [2.24, 2.45) is 0 Å². The second kappa shape index (κ2) is 8.77. The standard InChI is InChI=1S/C18H18F2N2O3/c1-2-25-18(24)12-6-8-13(9-7-12)21-11-10-16(23)22-17-14(19)4-3-5-15(17)20/h3-9,21H,2,10-11H2,1H3,(H,22,23). The van der Waals surface area contributed by atoms with Gasteiger partial charge in [-0.15, -0.1) is 0 Å². The van der Waals surface area contributed by atoms with E-state index in [0.717, 1.165) is 12.1 Å². The maximum Gasteiger partial charge on any atom is 0.338 e. The van der Waals surface area contributed by atoms with Crippen molar-refractivity contribution in [3.63, 3.8) is 0 Å². The molecule has 0 aromatic heterocycles. The molecule has 0 saturated carbocycles. The third kappa shape index (κ3) is 5.27. The molecule has 2 rings (SSSR count). The maximum atomic E-state index is 13.4. The summed E-state index contributed by atoms with van der Waals surface area (Å²) in [5.74, 6) is -2.56. The largest absolute Gasteiger partial charge is 0.462 e. The second-order valence-electron chi connectivity index (χ2n) is 5.12. The van der Waals surface area contributed by atoms with E-state index in [1.165, 1.54) is 6.07 Å². The third-order valence-corrected chi connectivity index (χ3v) is 3.30. The first-order chi connectivity index (χ1) is 12.0. The van der Waals surface area contributed by atoms with Crippen molar-refractivity contribution in [1.82, 2.24) is 0 Å². The van der Waals surface area contributed by atoms with Crippen LogP contribution in [-0.4, -0.2) is 25.0 Å². The molecule has 0 aliphatic heterocycles. The molecule has 0 aliphatic rings. The second-order valence-corrected chi connectivity index (χ2v) is 5.12. The van der Waals surface area contributed by atoms with E-state index in [1.807, 2.05) is 0 Å². The van der Waals surface area contributed by atoms with Gasteiger partial charge in [-0.3, -0.25) is 4.79 Å². The Morgan fingerprint density at radius 2 is 1.68 bits per heavy atom. The highest BCUT2D eigenvalue weighted by atomic mass is 19.1. The van der Waals surface area contributed by atoms with E-state index in [9.17, 15) is 18.4 Å². The van der Waals surface area contributed by atoms with Crippen molar-refractivity contribution in [3.8, 4) is 0 Å². The maximum absolute atomic E-state index is 13.4. The third-order valence-electron chi connectivity index (χ3n) is 3.30. The monoisotopic (exact) mass is 348 g/mol. The van der Waals surface area contributed by atoms with Crippen LogP contribution in [-0.2, 0) is 9.53 Å². The first-order valence-electron chi connectivity index (χ1n) is 7.76. The summed E-state index contributed by atoms with van der Waals surface area (Å²) in [5.41, 5.74) is 0.685. The van der Waals surface area contributed by atoms with Gasteiger partial charge in [0.15, 0.2) is 0 Å². The molecule has 0 saturated heterocycles. The van der Waals surface area contributed by atoms with Crippen molar-refractivity contribution in [1.29, 1.82) is 0 Å². The Balaban J connectivity index is 1.82. The Labute approximate surface area is 144 Å². The summed E-state index contributed by atoms with van der Waals surface area (Å²) in [7, 11) is 0. The number of carbonyl (C=O) groups excluding carboxylic acids is 2. The van der Waals surface area contributed by atoms with Crippen LogP contribution in [0.1, 0.15) is 23.7 Å². The summed E-state index contributed by atoms with van der Waals surface area (Å²) >= 11 is 0. The van der Waals surface area contributed by atoms with Crippen molar-refractivity contribution >= 4 is 23.3 Å². The Bertz CT molecular complexity index is 728. The molecule has 2 aromatic carbocycles. The summed E-state index contributed by atoms with van der Waals surface area (Å²) in [4.78, 5) is 23.3. The van der Waals surface area contributed by atoms with E-state index in [-0.39, 0.29) is 13.0 Å². The zero-order valence-electron chi connectivity index (χ0n) is 13.6. The van der Waals surface area contributed by atoms with Gasteiger partial charge in [-0.05, 0) is 43.3 Å². The molecule has 25 heavy (non-hydrogen) atoms. The average Bonchev–Trinajstić information content (AvgIpc) is 2.59. The normalized spacial score (nSPS) is 10.2. The highest BCUT2D eigenvalue weighted by Crippen LogP contribution is 2.18. The number of amides is 1. The van der Waals surface area contributed by atoms with Crippen LogP contribution in [0.15, 0.2) is 42.5 Å². The molecule has 7 heteroatoms. The first-order valence-corrected chi connectivity index (χ1v) is 7.76. The molecule has 2 aromatic rings. The fourth-order valence-corrected chi connectivity index (χ4v) is 2.08. The smallest absolute Gasteiger partial charge is 0.338 e. The molecule has 0 aliphatic carbocycles. The number of esters is 1. The molecule has 0 spiro atoms. The summed E-state index contributed by atoms with van der Waals surface area (Å²) in [6.07, 6.45) is 0.0212. The highest BCUT2D eigenvalue weighted by Gasteiger charge is 2.11. The zero-order valence-corrected chi connectivity index (χ0v) is 13.6. The molecule has 0 bridgehead atoms. The van der Waals surface area contributed by atoms with E-state index in [4.69, 9.17) is 4.74 Å². The van der Waals surface area contributed by atoms with Gasteiger partial charge in [-0.2, -0.15) is 0 Å². The molecular weight excluding hydrogens is 330 g/mol. The lowest BCUT2D eigenvalue weighted by molar-refractivity contribution is -0.116. The van der Waals surface area contributed by atoms with E-state index >= 15 is 0 Å². The van der Waals surface area contributed by atoms with E-state index in [1.54, 1.807) is 31.2 Å². The highest BCUT2D eigenvalue weighted by molar-refractivity contribution is 5.91. The molecule has 0 radical (unpaired) electrons. The predicted molar refractivity (Wildman–Crippen MR) is 90.5 cm³/mol. The fourth-order valence-electron chi connectivity index (χ4n) is 2.08. The molecule has 132 valence electrons. The van der Waals surface area contributed by atoms with Gasteiger partial charge in [-0.25, -0.2) is 13.6 Å². The SMILES string of the molecule is CCOC(=O)c1ccc(NCCC(=O)Nc2c(F)cccc2F)cc1. The van der Waals surface area contributed by atoms with Crippen molar-refractivity contribution in [3.05, 3.63) is 59.7 Å². The summed E-state index contributed by atoms with van der Waals surface area (Å²) in [5, 5.41) is 5.20. The van der Waals surface area contributed by atoms with Crippen molar-refractivity contribution in [2.45, 2.75) is 13.3 Å². The number of ether oxygens (including phenoxy) is 1. The van der Waals surface area contributed by atoms with E-state index in [0.29, 0.717) is 17.9 Å². The van der Waals surface area contributed by atoms with Gasteiger partial charge in [0.25, 0.3) is 0 Å². The molecule has 0 atom stereocenters. The summed E-state index contributed by atoms with van der Waals surface area (Å²) in [6, 6.07) is 9.94. The summed E-state index contributed by atoms with van der Waals surface area (Å²) in [6.45, 7) is 2.29. The Morgan fingerprint density at radius 3 is 2.28 bits per heavy atom. The fraction of sp³-hybridized carbons (Fsp3) is 0.222. The van der Waals surface area contributed by atoms with Crippen LogP contribution in [0.25, 0.3) is 0 Å². The van der Waals surface area contributed by atoms with Crippen LogP contribution >= 0.6 is 0 Å². The van der Waals surface area contributed by atoms with Crippen LogP contribution in [0.3, 0.4) is 0 Å². The molecule has 0 unspecified atom stereocenters. The number of hydrogen-bond acceptors (Lipinski definition) is 4. The molecular formula is C18H18F2N2O3. The number of anilines is 2. The van der Waals surface area contributed by atoms with Crippen LogP contribution < -0.4 is 10.6 Å². The van der Waals surface area contributed by atoms with Gasteiger partial charge in [0.2, 0.25) is 5.91 Å². The number of halogens is 2. The minimum absolute atomic E-state index is 0.0212. The Morgan fingerprint density at radius 1 is 1.04 bits per heavy atom. The average molecular weight is 348 g/mol. The lowest BCUT2D eigenvalue weighted by Crippen LogP contribution is -2.17. The van der Waals surface area contributed by atoms with Crippen LogP contribution in [0, 0.1) is 11.6 Å². The number of para-hydroxylation sites is 1. The van der Waals surface area contributed by atoms with Crippen molar-refractivity contribution < 1.29 is 23.1 Å². The number of nitrogens with one attached hydrogen (secondary N) is 2. The predicted octanol–water partition coefficient (Wildman–Crippen LogP) is 3.58. The minimum atomic E-state index is -0.823. The molecule has 1 amide bonds. The zero-order chi connectivity index (χ0) is 18.2. The Hall–Kier alpha value is -2.96. The number of hydrogen-bond donors (Lipinski definition) is 2. The van der Waals surface area contributed by atoms with Crippen LogP contribution in [0.2, 0.25) is 0 Å². The van der Waals surface area contributed by atoms with Gasteiger partial charge in [0, 0.05) is 18.7 Å². The number of benzene rings is 2. The van der Waals surface area contributed by atoms with Gasteiger partial charge in [-0.1, -0.05) is 6.07 Å². The Kier molecular flexibility index (Phi) is 6.45. The van der Waals surface area contributed by atoms with Gasteiger partial charge < -0.3 is 15.4 Å². The van der Waals surface area contributed by atoms with Gasteiger partial charge >= 0.3 is 5.97 Å². The van der Waals surface area contributed by atoms with Crippen LogP contribution in [0.4, 0.5) is 20.2 Å². The minimum Gasteiger partial charge on any atom is -0.462 e. The van der Waals surface area contributed by atoms with E-state index in [2.05, 4.69) is 10.6 Å². The number of rotatable bonds is 7. The van der Waals surface area contributed by atoms with E-state index < -0.39 is 29.2 Å². The van der Waals surface area contributed by atoms with Crippen LogP contribution in [0.5, 0.6) is 0 Å². The first kappa shape index (κ1) is 18.4. The lowest BCUT2D eigenvalue weighted by Gasteiger charge is -2.09. The van der Waals surface area contributed by atoms with Gasteiger partial charge in [0.1, 0.15) is 17.3 Å². The molecule has 2 N–H and O–H groups in total. The topological polar surface area (TPSA) is 67.4 Å². The molecule has 0 fully saturated rings. The van der Waals surface area contributed by atoms with Gasteiger partial charge in [0.05, 0.1) is 12.2 Å². The van der Waals surface area contributed by atoms with Crippen molar-refractivity contribution in [2.75, 3.05) is 23.8 Å². The summed E-state index contributed by atoms with van der Waals surface area (Å²) < 4.78 is 31.8. The molecule has 5 nitrogen and oxygen atoms in total. The quantitative estimate of drug-likeness (QED) is 0.751. The number of carbonyl (C=O) groups is 2.